The minimum atomic E-state index is -3.22. The van der Waals surface area contributed by atoms with Gasteiger partial charge in [-0.1, -0.05) is 0 Å². The van der Waals surface area contributed by atoms with Gasteiger partial charge in [0, 0.05) is 42.3 Å². The van der Waals surface area contributed by atoms with Crippen molar-refractivity contribution in [3.63, 3.8) is 0 Å². The number of hydrogen-bond donors (Lipinski definition) is 2. The van der Waals surface area contributed by atoms with Gasteiger partial charge in [-0.25, -0.2) is 14.1 Å². The largest absolute Gasteiger partial charge is 0.390 e. The second-order valence-corrected chi connectivity index (χ2v) is 11.6. The molecule has 0 aromatic carbocycles. The SMILES string of the molecule is Cc1cn([C@H]2C[C@H](O)[C@@H](COP(=O)(N3CC3(C)C)N3CC3(C)C)O2)c(=O)[nH]c1=O. The molecule has 0 saturated carbocycles. The zero-order chi connectivity index (χ0) is 21.4. The minimum absolute atomic E-state index is 0.0504. The van der Waals surface area contributed by atoms with Crippen LogP contribution in [0, 0.1) is 6.92 Å². The first kappa shape index (κ1) is 21.0. The van der Waals surface area contributed by atoms with Crippen molar-refractivity contribution in [2.75, 3.05) is 19.7 Å². The quantitative estimate of drug-likeness (QED) is 0.505. The maximum atomic E-state index is 13.7. The summed E-state index contributed by atoms with van der Waals surface area (Å²) in [5.41, 5.74) is -1.05. The Balaban J connectivity index is 1.47. The number of ether oxygens (including phenoxy) is 1. The third-order valence-corrected chi connectivity index (χ3v) is 9.01. The van der Waals surface area contributed by atoms with Crippen molar-refractivity contribution in [3.8, 4) is 0 Å². The van der Waals surface area contributed by atoms with Gasteiger partial charge < -0.3 is 14.4 Å². The Morgan fingerprint density at radius 1 is 1.24 bits per heavy atom. The number of nitrogens with zero attached hydrogens (tertiary/aromatic N) is 3. The van der Waals surface area contributed by atoms with Crippen molar-refractivity contribution in [1.29, 1.82) is 0 Å². The summed E-state index contributed by atoms with van der Waals surface area (Å²) in [7, 11) is -3.22. The molecule has 3 saturated heterocycles. The lowest BCUT2D eigenvalue weighted by molar-refractivity contribution is -0.0424. The molecule has 4 rings (SSSR count). The number of rotatable bonds is 6. The Morgan fingerprint density at radius 2 is 1.79 bits per heavy atom. The summed E-state index contributed by atoms with van der Waals surface area (Å²) in [6.45, 7) is 11.0. The summed E-state index contributed by atoms with van der Waals surface area (Å²) in [6, 6.07) is 0. The van der Waals surface area contributed by atoms with Gasteiger partial charge in [0.1, 0.15) is 12.3 Å². The van der Waals surface area contributed by atoms with Gasteiger partial charge in [0.25, 0.3) is 5.56 Å². The van der Waals surface area contributed by atoms with Crippen LogP contribution in [-0.4, -0.2) is 67.0 Å². The van der Waals surface area contributed by atoms with E-state index >= 15 is 0 Å². The molecule has 0 bridgehead atoms. The van der Waals surface area contributed by atoms with E-state index in [1.807, 2.05) is 37.0 Å². The lowest BCUT2D eigenvalue weighted by Gasteiger charge is -2.26. The van der Waals surface area contributed by atoms with Gasteiger partial charge in [0.05, 0.1) is 12.7 Å². The standard InChI is InChI=1S/C18H29N4O6P/c1-11-7-20(16(25)19-15(11)24)14-6-12(23)13(28-14)8-27-29(26,21-9-17(21,2)3)22-10-18(22,4)5/h7,12-14,23H,6,8-10H2,1-5H3,(H,19,24,25)/t12-,13+,14+,21?,22?,29?/m0/s1. The van der Waals surface area contributed by atoms with Crippen molar-refractivity contribution in [2.45, 2.75) is 70.6 Å². The number of nitrogens with one attached hydrogen (secondary N) is 1. The second-order valence-electron chi connectivity index (χ2n) is 9.44. The number of hydrogen-bond acceptors (Lipinski definition) is 6. The van der Waals surface area contributed by atoms with E-state index in [9.17, 15) is 19.3 Å². The summed E-state index contributed by atoms with van der Waals surface area (Å²) >= 11 is 0. The predicted molar refractivity (Wildman–Crippen MR) is 106 cm³/mol. The average molecular weight is 428 g/mol. The van der Waals surface area contributed by atoms with Crippen molar-refractivity contribution >= 4 is 7.67 Å². The molecule has 1 aromatic rings. The number of aryl methyl sites for hydroxylation is 1. The fraction of sp³-hybridized carbons (Fsp3) is 0.778. The summed E-state index contributed by atoms with van der Waals surface area (Å²) < 4.78 is 30.5. The van der Waals surface area contributed by atoms with Crippen molar-refractivity contribution in [1.82, 2.24) is 18.9 Å². The van der Waals surface area contributed by atoms with E-state index in [0.717, 1.165) is 0 Å². The van der Waals surface area contributed by atoms with Crippen molar-refractivity contribution in [3.05, 3.63) is 32.6 Å². The van der Waals surface area contributed by atoms with Crippen molar-refractivity contribution < 1.29 is 18.9 Å². The monoisotopic (exact) mass is 428 g/mol. The van der Waals surface area contributed by atoms with Gasteiger partial charge in [0.15, 0.2) is 0 Å². The molecule has 11 heteroatoms. The minimum Gasteiger partial charge on any atom is -0.390 e. The number of aliphatic hydroxyl groups is 1. The topological polar surface area (TPSA) is 117 Å². The summed E-state index contributed by atoms with van der Waals surface area (Å²) in [4.78, 5) is 25.9. The van der Waals surface area contributed by atoms with Crippen LogP contribution < -0.4 is 11.2 Å². The van der Waals surface area contributed by atoms with Crippen LogP contribution in [0.4, 0.5) is 0 Å². The molecule has 3 fully saturated rings. The van der Waals surface area contributed by atoms with Crippen LogP contribution in [0.25, 0.3) is 0 Å². The van der Waals surface area contributed by atoms with Gasteiger partial charge in [-0.15, -0.1) is 0 Å². The van der Waals surface area contributed by atoms with E-state index in [1.165, 1.54) is 10.8 Å². The van der Waals surface area contributed by atoms with Crippen LogP contribution in [0.1, 0.15) is 45.9 Å². The first-order valence-electron chi connectivity index (χ1n) is 9.82. The summed E-state index contributed by atoms with van der Waals surface area (Å²) in [5.74, 6) is 0. The number of H-pyrrole nitrogens is 1. The van der Waals surface area contributed by atoms with Crippen LogP contribution in [0.15, 0.2) is 15.8 Å². The number of aromatic nitrogens is 2. The van der Waals surface area contributed by atoms with Crippen LogP contribution in [-0.2, 0) is 13.8 Å². The predicted octanol–water partition coefficient (Wildman–Crippen LogP) is 0.807. The van der Waals surface area contributed by atoms with E-state index in [2.05, 4.69) is 4.98 Å². The van der Waals surface area contributed by atoms with E-state index < -0.39 is 37.4 Å². The van der Waals surface area contributed by atoms with Gasteiger partial charge in [-0.05, 0) is 34.6 Å². The zero-order valence-electron chi connectivity index (χ0n) is 17.4. The Kier molecular flexibility index (Phi) is 4.77. The van der Waals surface area contributed by atoms with E-state index in [4.69, 9.17) is 9.26 Å². The van der Waals surface area contributed by atoms with Crippen LogP contribution in [0.2, 0.25) is 0 Å². The number of aromatic amines is 1. The van der Waals surface area contributed by atoms with Gasteiger partial charge in [0.2, 0.25) is 0 Å². The molecule has 1 aromatic heterocycles. The molecule has 2 unspecified atom stereocenters. The third kappa shape index (κ3) is 3.66. The molecule has 4 heterocycles. The van der Waals surface area contributed by atoms with E-state index in [-0.39, 0.29) is 24.1 Å². The number of aliphatic hydroxyl groups excluding tert-OH is 1. The molecular formula is C18H29N4O6P. The molecule has 10 nitrogen and oxygen atoms in total. The molecule has 3 aliphatic heterocycles. The molecule has 5 atom stereocenters. The zero-order valence-corrected chi connectivity index (χ0v) is 18.3. The Morgan fingerprint density at radius 3 is 2.31 bits per heavy atom. The molecule has 3 aliphatic rings. The molecule has 0 amide bonds. The van der Waals surface area contributed by atoms with Gasteiger partial charge in [-0.3, -0.25) is 18.9 Å². The highest BCUT2D eigenvalue weighted by molar-refractivity contribution is 7.54. The highest BCUT2D eigenvalue weighted by Crippen LogP contribution is 2.70. The van der Waals surface area contributed by atoms with E-state index in [0.29, 0.717) is 18.7 Å². The highest BCUT2D eigenvalue weighted by atomic mass is 31.2. The molecular weight excluding hydrogens is 399 g/mol. The first-order chi connectivity index (χ1) is 13.3. The smallest absolute Gasteiger partial charge is 0.347 e. The summed E-state index contributed by atoms with van der Waals surface area (Å²) in [5, 5.41) is 10.4. The van der Waals surface area contributed by atoms with Crippen LogP contribution in [0.5, 0.6) is 0 Å². The fourth-order valence-electron chi connectivity index (χ4n) is 3.80. The van der Waals surface area contributed by atoms with Crippen molar-refractivity contribution in [2.24, 2.45) is 0 Å². The molecule has 0 aliphatic carbocycles. The maximum Gasteiger partial charge on any atom is 0.347 e. The third-order valence-electron chi connectivity index (χ3n) is 5.94. The average Bonchev–Trinajstić information content (AvgIpc) is 3.41. The second kappa shape index (κ2) is 6.60. The fourth-order valence-corrected chi connectivity index (χ4v) is 7.10. The Bertz CT molecular complexity index is 959. The van der Waals surface area contributed by atoms with Crippen LogP contribution >= 0.6 is 7.67 Å². The molecule has 0 spiro atoms. The molecule has 0 radical (unpaired) electrons. The molecule has 162 valence electrons. The molecule has 2 N–H and O–H groups in total. The summed E-state index contributed by atoms with van der Waals surface area (Å²) in [6.07, 6.45) is -0.732. The lowest BCUT2D eigenvalue weighted by atomic mass is 10.2. The van der Waals surface area contributed by atoms with E-state index in [1.54, 1.807) is 6.92 Å². The lowest BCUT2D eigenvalue weighted by Crippen LogP contribution is -2.33. The highest BCUT2D eigenvalue weighted by Gasteiger charge is 2.65. The van der Waals surface area contributed by atoms with Gasteiger partial charge in [-0.2, -0.15) is 0 Å². The Labute approximate surface area is 169 Å². The maximum absolute atomic E-state index is 13.7. The Hall–Kier alpha value is -1.29. The molecule has 29 heavy (non-hydrogen) atoms. The normalized spacial score (nSPS) is 36.6. The first-order valence-corrected chi connectivity index (χ1v) is 11.3. The van der Waals surface area contributed by atoms with Gasteiger partial charge >= 0.3 is 13.4 Å². The van der Waals surface area contributed by atoms with Crippen LogP contribution in [0.3, 0.4) is 0 Å².